The Balaban J connectivity index is 1.63. The summed E-state index contributed by atoms with van der Waals surface area (Å²) in [6, 6.07) is 9.14. The van der Waals surface area contributed by atoms with E-state index in [0.29, 0.717) is 24.7 Å². The van der Waals surface area contributed by atoms with Gasteiger partial charge in [-0.2, -0.15) is 16.9 Å². The molecule has 0 radical (unpaired) electrons. The lowest BCUT2D eigenvalue weighted by Gasteiger charge is -2.12. The second kappa shape index (κ2) is 9.43. The number of rotatable bonds is 9. The van der Waals surface area contributed by atoms with Crippen molar-refractivity contribution < 1.29 is 19.1 Å². The summed E-state index contributed by atoms with van der Waals surface area (Å²) in [6.07, 6.45) is 0. The summed E-state index contributed by atoms with van der Waals surface area (Å²) in [6.45, 7) is 0.796. The maximum absolute atomic E-state index is 12.3. The molecule has 2 heterocycles. The standard InChI is InChI=1S/C18H22N4O4S/c1-25-8-7-19-16(23)9-22-18(14-11-27-12-15(14)21-22)20-17(24)10-26-13-5-3-2-4-6-13/h2-6H,7-12H2,1H3,(H,19,23)(H,20,24). The first-order valence-corrected chi connectivity index (χ1v) is 9.72. The number of para-hydroxylation sites is 1. The highest BCUT2D eigenvalue weighted by molar-refractivity contribution is 7.98. The second-order valence-corrected chi connectivity index (χ2v) is 6.90. The first-order chi connectivity index (χ1) is 13.2. The van der Waals surface area contributed by atoms with Crippen LogP contribution in [0.1, 0.15) is 11.3 Å². The number of hydrogen-bond acceptors (Lipinski definition) is 6. The summed E-state index contributed by atoms with van der Waals surface area (Å²) >= 11 is 1.73. The Morgan fingerprint density at radius 1 is 1.22 bits per heavy atom. The molecule has 0 atom stereocenters. The van der Waals surface area contributed by atoms with Gasteiger partial charge in [0.1, 0.15) is 18.1 Å². The molecule has 1 aromatic carbocycles. The van der Waals surface area contributed by atoms with E-state index in [9.17, 15) is 9.59 Å². The molecule has 0 fully saturated rings. The quantitative estimate of drug-likeness (QED) is 0.629. The predicted octanol–water partition coefficient (Wildman–Crippen LogP) is 1.41. The number of thioether (sulfide) groups is 1. The lowest BCUT2D eigenvalue weighted by Crippen LogP contribution is -2.31. The van der Waals surface area contributed by atoms with Crippen LogP contribution in [-0.2, 0) is 32.4 Å². The van der Waals surface area contributed by atoms with Crippen LogP contribution >= 0.6 is 11.8 Å². The molecule has 9 heteroatoms. The van der Waals surface area contributed by atoms with Gasteiger partial charge in [-0.1, -0.05) is 18.2 Å². The second-order valence-electron chi connectivity index (χ2n) is 5.92. The van der Waals surface area contributed by atoms with Gasteiger partial charge in [0.05, 0.1) is 12.3 Å². The molecule has 0 saturated heterocycles. The van der Waals surface area contributed by atoms with Gasteiger partial charge < -0.3 is 20.1 Å². The molecular formula is C18H22N4O4S. The predicted molar refractivity (Wildman–Crippen MR) is 103 cm³/mol. The third kappa shape index (κ3) is 5.24. The van der Waals surface area contributed by atoms with Crippen molar-refractivity contribution in [2.24, 2.45) is 0 Å². The van der Waals surface area contributed by atoms with E-state index in [0.717, 1.165) is 22.8 Å². The molecule has 3 rings (SSSR count). The third-order valence-corrected chi connectivity index (χ3v) is 4.88. The summed E-state index contributed by atoms with van der Waals surface area (Å²) < 4.78 is 12.0. The Morgan fingerprint density at radius 2 is 2.04 bits per heavy atom. The van der Waals surface area contributed by atoms with Gasteiger partial charge >= 0.3 is 0 Å². The number of amides is 2. The van der Waals surface area contributed by atoms with E-state index < -0.39 is 0 Å². The van der Waals surface area contributed by atoms with Gasteiger partial charge in [-0.3, -0.25) is 9.59 Å². The summed E-state index contributed by atoms with van der Waals surface area (Å²) in [7, 11) is 1.58. The van der Waals surface area contributed by atoms with Crippen LogP contribution in [-0.4, -0.2) is 48.5 Å². The highest BCUT2D eigenvalue weighted by atomic mass is 32.2. The SMILES string of the molecule is COCCNC(=O)Cn1nc2c(c1NC(=O)COc1ccccc1)CSC2. The van der Waals surface area contributed by atoms with E-state index in [2.05, 4.69) is 15.7 Å². The fraction of sp³-hybridized carbons (Fsp3) is 0.389. The minimum absolute atomic E-state index is 0.0382. The number of benzene rings is 1. The summed E-state index contributed by atoms with van der Waals surface area (Å²) in [5.41, 5.74) is 1.88. The number of nitrogens with zero attached hydrogens (tertiary/aromatic N) is 2. The van der Waals surface area contributed by atoms with Gasteiger partial charge in [0, 0.05) is 30.7 Å². The van der Waals surface area contributed by atoms with E-state index in [1.807, 2.05) is 18.2 Å². The Hall–Kier alpha value is -2.52. The lowest BCUT2D eigenvalue weighted by atomic mass is 10.3. The highest BCUT2D eigenvalue weighted by Crippen LogP contribution is 2.34. The minimum atomic E-state index is -0.292. The van der Waals surface area contributed by atoms with Crippen LogP contribution in [0.15, 0.2) is 30.3 Å². The normalized spacial score (nSPS) is 12.5. The Kier molecular flexibility index (Phi) is 6.72. The smallest absolute Gasteiger partial charge is 0.263 e. The zero-order chi connectivity index (χ0) is 19.1. The van der Waals surface area contributed by atoms with Crippen molar-refractivity contribution in [3.63, 3.8) is 0 Å². The monoisotopic (exact) mass is 390 g/mol. The van der Waals surface area contributed by atoms with Gasteiger partial charge in [0.2, 0.25) is 5.91 Å². The average Bonchev–Trinajstić information content (AvgIpc) is 3.24. The molecule has 27 heavy (non-hydrogen) atoms. The van der Waals surface area contributed by atoms with Gasteiger partial charge in [-0.15, -0.1) is 0 Å². The number of methoxy groups -OCH3 is 1. The van der Waals surface area contributed by atoms with Crippen molar-refractivity contribution >= 4 is 29.4 Å². The van der Waals surface area contributed by atoms with E-state index in [1.54, 1.807) is 35.7 Å². The van der Waals surface area contributed by atoms with E-state index >= 15 is 0 Å². The number of anilines is 1. The Labute approximate surface area is 161 Å². The van der Waals surface area contributed by atoms with Crippen LogP contribution in [0.3, 0.4) is 0 Å². The molecule has 1 aromatic heterocycles. The topological polar surface area (TPSA) is 94.5 Å². The van der Waals surface area contributed by atoms with E-state index in [4.69, 9.17) is 9.47 Å². The van der Waals surface area contributed by atoms with Gasteiger partial charge in [0.15, 0.2) is 6.61 Å². The van der Waals surface area contributed by atoms with E-state index in [1.165, 1.54) is 0 Å². The minimum Gasteiger partial charge on any atom is -0.484 e. The Morgan fingerprint density at radius 3 is 2.81 bits per heavy atom. The number of nitrogens with one attached hydrogen (secondary N) is 2. The van der Waals surface area contributed by atoms with Gasteiger partial charge in [-0.25, -0.2) is 4.68 Å². The zero-order valence-electron chi connectivity index (χ0n) is 15.1. The molecule has 2 amide bonds. The average molecular weight is 390 g/mol. The van der Waals surface area contributed by atoms with Crippen LogP contribution in [0.2, 0.25) is 0 Å². The van der Waals surface area contributed by atoms with Crippen molar-refractivity contribution in [1.29, 1.82) is 0 Å². The van der Waals surface area contributed by atoms with Crippen LogP contribution in [0.25, 0.3) is 0 Å². The van der Waals surface area contributed by atoms with Crippen molar-refractivity contribution in [2.45, 2.75) is 18.1 Å². The Bertz CT molecular complexity index is 794. The molecule has 1 aliphatic heterocycles. The number of ether oxygens (including phenoxy) is 2. The zero-order valence-corrected chi connectivity index (χ0v) is 15.9. The van der Waals surface area contributed by atoms with Crippen molar-refractivity contribution in [3.05, 3.63) is 41.6 Å². The van der Waals surface area contributed by atoms with E-state index in [-0.39, 0.29) is 25.0 Å². The lowest BCUT2D eigenvalue weighted by molar-refractivity contribution is -0.122. The first kappa shape index (κ1) is 19.2. The van der Waals surface area contributed by atoms with Crippen LogP contribution in [0.5, 0.6) is 5.75 Å². The molecular weight excluding hydrogens is 368 g/mol. The first-order valence-electron chi connectivity index (χ1n) is 8.57. The third-order valence-electron chi connectivity index (χ3n) is 3.91. The molecule has 0 spiro atoms. The van der Waals surface area contributed by atoms with Crippen LogP contribution in [0, 0.1) is 0 Å². The molecule has 2 N–H and O–H groups in total. The largest absolute Gasteiger partial charge is 0.484 e. The van der Waals surface area contributed by atoms with Gasteiger partial charge in [0.25, 0.3) is 5.91 Å². The van der Waals surface area contributed by atoms with Crippen molar-refractivity contribution in [2.75, 3.05) is 32.2 Å². The number of carbonyl (C=O) groups excluding carboxylic acids is 2. The fourth-order valence-corrected chi connectivity index (χ4v) is 3.67. The van der Waals surface area contributed by atoms with Crippen LogP contribution < -0.4 is 15.4 Å². The molecule has 0 saturated carbocycles. The summed E-state index contributed by atoms with van der Waals surface area (Å²) in [5, 5.41) is 10.1. The summed E-state index contributed by atoms with van der Waals surface area (Å²) in [4.78, 5) is 24.4. The maximum atomic E-state index is 12.3. The molecule has 8 nitrogen and oxygen atoms in total. The molecule has 2 aromatic rings. The maximum Gasteiger partial charge on any atom is 0.263 e. The molecule has 1 aliphatic rings. The van der Waals surface area contributed by atoms with Crippen LogP contribution in [0.4, 0.5) is 5.82 Å². The highest BCUT2D eigenvalue weighted by Gasteiger charge is 2.25. The molecule has 0 unspecified atom stereocenters. The number of aromatic nitrogens is 2. The molecule has 0 aliphatic carbocycles. The number of fused-ring (bicyclic) bond motifs is 1. The fourth-order valence-electron chi connectivity index (χ4n) is 2.64. The van der Waals surface area contributed by atoms with Gasteiger partial charge in [-0.05, 0) is 12.1 Å². The summed E-state index contributed by atoms with van der Waals surface area (Å²) in [5.74, 6) is 2.25. The molecule has 0 bridgehead atoms. The molecule has 144 valence electrons. The number of hydrogen-bond donors (Lipinski definition) is 2. The van der Waals surface area contributed by atoms with Crippen molar-refractivity contribution in [3.8, 4) is 5.75 Å². The van der Waals surface area contributed by atoms with Crippen molar-refractivity contribution in [1.82, 2.24) is 15.1 Å². The number of carbonyl (C=O) groups is 2.